The Bertz CT molecular complexity index is 280. The molecule has 0 saturated heterocycles. The van der Waals surface area contributed by atoms with Gasteiger partial charge in [0.25, 0.3) is 0 Å². The van der Waals surface area contributed by atoms with Crippen LogP contribution in [0.4, 0.5) is 0 Å². The highest BCUT2D eigenvalue weighted by atomic mass is 16.1. The van der Waals surface area contributed by atoms with Crippen LogP contribution in [0, 0.1) is 0 Å². The maximum absolute atomic E-state index is 9.06. The minimum Gasteiger partial charge on any atom is -0.362 e. The molecule has 72 valence electrons. The van der Waals surface area contributed by atoms with E-state index in [1.165, 1.54) is 18.4 Å². The van der Waals surface area contributed by atoms with Crippen molar-refractivity contribution in [3.8, 4) is 0 Å². The zero-order valence-electron chi connectivity index (χ0n) is 8.36. The molecule has 1 aromatic rings. The van der Waals surface area contributed by atoms with Crippen molar-refractivity contribution in [2.45, 2.75) is 18.8 Å². The van der Waals surface area contributed by atoms with Gasteiger partial charge >= 0.3 is 0 Å². The van der Waals surface area contributed by atoms with Crippen LogP contribution in [0.2, 0.25) is 0 Å². The number of rotatable bonds is 2. The zero-order chi connectivity index (χ0) is 10.4. The Balaban J connectivity index is 0.000000213. The van der Waals surface area contributed by atoms with Crippen LogP contribution in [0.25, 0.3) is 0 Å². The largest absolute Gasteiger partial charge is 0.362 e. The molecule has 0 atom stereocenters. The molecule has 0 heterocycles. The number of carbonyl (C=O) groups is 1. The summed E-state index contributed by atoms with van der Waals surface area (Å²) < 4.78 is 0. The Morgan fingerprint density at radius 2 is 1.86 bits per heavy atom. The fraction of sp³-hybridized carbons (Fsp3) is 0.364. The SMILES string of the molecule is CNC=O.[B]c1ccc(C2CC2)cc1. The topological polar surface area (TPSA) is 29.1 Å². The average Bonchev–Trinajstić information content (AvgIpc) is 3.03. The summed E-state index contributed by atoms with van der Waals surface area (Å²) in [5.74, 6) is 0.848. The molecular weight excluding hydrogens is 173 g/mol. The van der Waals surface area contributed by atoms with Crippen LogP contribution in [0.3, 0.4) is 0 Å². The fourth-order valence-electron chi connectivity index (χ4n) is 1.18. The third kappa shape index (κ3) is 3.65. The van der Waals surface area contributed by atoms with Crippen LogP contribution < -0.4 is 10.8 Å². The molecule has 1 aliphatic carbocycles. The monoisotopic (exact) mass is 187 g/mol. The molecule has 0 unspecified atom stereocenters. The minimum atomic E-state index is 0.625. The summed E-state index contributed by atoms with van der Waals surface area (Å²) in [6.45, 7) is 0. The van der Waals surface area contributed by atoms with Crippen molar-refractivity contribution in [3.05, 3.63) is 29.8 Å². The van der Waals surface area contributed by atoms with Gasteiger partial charge in [-0.3, -0.25) is 4.79 Å². The van der Waals surface area contributed by atoms with E-state index in [9.17, 15) is 0 Å². The number of amides is 1. The van der Waals surface area contributed by atoms with E-state index in [2.05, 4.69) is 17.4 Å². The maximum atomic E-state index is 9.06. The second-order valence-electron chi connectivity index (χ2n) is 3.35. The van der Waals surface area contributed by atoms with Gasteiger partial charge in [0.1, 0.15) is 7.85 Å². The molecule has 1 aromatic carbocycles. The van der Waals surface area contributed by atoms with Crippen molar-refractivity contribution in [3.63, 3.8) is 0 Å². The Labute approximate surface area is 86.1 Å². The van der Waals surface area contributed by atoms with Crippen molar-refractivity contribution in [1.82, 2.24) is 5.32 Å². The lowest BCUT2D eigenvalue weighted by molar-refractivity contribution is -0.109. The van der Waals surface area contributed by atoms with Crippen molar-refractivity contribution >= 4 is 19.7 Å². The molecular formula is C11H14BNO. The van der Waals surface area contributed by atoms with Gasteiger partial charge in [-0.2, -0.15) is 0 Å². The van der Waals surface area contributed by atoms with Gasteiger partial charge in [0, 0.05) is 7.05 Å². The van der Waals surface area contributed by atoms with Crippen LogP contribution in [-0.2, 0) is 4.79 Å². The number of nitrogens with one attached hydrogen (secondary N) is 1. The molecule has 2 radical (unpaired) electrons. The number of benzene rings is 1. The van der Waals surface area contributed by atoms with E-state index in [1.54, 1.807) is 7.05 Å². The minimum absolute atomic E-state index is 0.625. The summed E-state index contributed by atoms with van der Waals surface area (Å²) in [5.41, 5.74) is 2.32. The molecule has 1 aliphatic rings. The van der Waals surface area contributed by atoms with Gasteiger partial charge in [0.15, 0.2) is 0 Å². The predicted molar refractivity (Wildman–Crippen MR) is 58.9 cm³/mol. The summed E-state index contributed by atoms with van der Waals surface area (Å²) >= 11 is 0. The summed E-state index contributed by atoms with van der Waals surface area (Å²) in [5, 5.41) is 2.25. The molecule has 0 bridgehead atoms. The third-order valence-electron chi connectivity index (χ3n) is 2.10. The van der Waals surface area contributed by atoms with Gasteiger partial charge in [0.05, 0.1) is 0 Å². The lowest BCUT2D eigenvalue weighted by atomic mass is 9.94. The van der Waals surface area contributed by atoms with Crippen LogP contribution in [0.5, 0.6) is 0 Å². The molecule has 1 N–H and O–H groups in total. The summed E-state index contributed by atoms with van der Waals surface area (Å²) in [6.07, 6.45) is 3.35. The first-order chi connectivity index (χ1) is 6.77. The molecule has 14 heavy (non-hydrogen) atoms. The van der Waals surface area contributed by atoms with Crippen LogP contribution in [-0.4, -0.2) is 21.3 Å². The van der Waals surface area contributed by atoms with Crippen molar-refractivity contribution in [2.24, 2.45) is 0 Å². The molecule has 3 heteroatoms. The van der Waals surface area contributed by atoms with E-state index in [4.69, 9.17) is 12.6 Å². The van der Waals surface area contributed by atoms with Crippen molar-refractivity contribution in [1.29, 1.82) is 0 Å². The standard InChI is InChI=1S/C9H9B.C2H5NO/c10-9-5-3-8(4-6-9)7-1-2-7;1-3-2-4/h3-7H,1-2H2;2H,1H3,(H,3,4). The first-order valence-electron chi connectivity index (χ1n) is 4.74. The fourth-order valence-corrected chi connectivity index (χ4v) is 1.18. The smallest absolute Gasteiger partial charge is 0.206 e. The van der Waals surface area contributed by atoms with Gasteiger partial charge in [-0.05, 0) is 24.3 Å². The average molecular weight is 187 g/mol. The Morgan fingerprint density at radius 1 is 1.36 bits per heavy atom. The van der Waals surface area contributed by atoms with E-state index in [0.29, 0.717) is 6.41 Å². The zero-order valence-corrected chi connectivity index (χ0v) is 8.36. The summed E-state index contributed by atoms with van der Waals surface area (Å²) in [6, 6.07) is 8.22. The number of carbonyl (C=O) groups excluding carboxylic acids is 1. The molecule has 2 nitrogen and oxygen atoms in total. The number of hydrogen-bond acceptors (Lipinski definition) is 1. The highest BCUT2D eigenvalue weighted by Crippen LogP contribution is 2.39. The van der Waals surface area contributed by atoms with Crippen molar-refractivity contribution in [2.75, 3.05) is 7.05 Å². The molecule has 1 amide bonds. The lowest BCUT2D eigenvalue weighted by Crippen LogP contribution is -1.99. The molecule has 0 aliphatic heterocycles. The van der Waals surface area contributed by atoms with Gasteiger partial charge in [-0.15, -0.1) is 0 Å². The van der Waals surface area contributed by atoms with E-state index in [1.807, 2.05) is 12.1 Å². The van der Waals surface area contributed by atoms with Crippen LogP contribution >= 0.6 is 0 Å². The Morgan fingerprint density at radius 3 is 2.21 bits per heavy atom. The second-order valence-corrected chi connectivity index (χ2v) is 3.35. The normalized spacial score (nSPS) is 13.8. The van der Waals surface area contributed by atoms with E-state index >= 15 is 0 Å². The molecule has 1 saturated carbocycles. The first kappa shape index (κ1) is 10.8. The predicted octanol–water partition coefficient (Wildman–Crippen LogP) is 0.720. The first-order valence-corrected chi connectivity index (χ1v) is 4.74. The van der Waals surface area contributed by atoms with Crippen LogP contribution in [0.1, 0.15) is 24.3 Å². The van der Waals surface area contributed by atoms with Crippen molar-refractivity contribution < 1.29 is 4.79 Å². The quantitative estimate of drug-likeness (QED) is 0.536. The second kappa shape index (κ2) is 5.48. The maximum Gasteiger partial charge on any atom is 0.206 e. The van der Waals surface area contributed by atoms with E-state index < -0.39 is 0 Å². The number of hydrogen-bond donors (Lipinski definition) is 1. The highest BCUT2D eigenvalue weighted by molar-refractivity contribution is 6.32. The van der Waals surface area contributed by atoms with E-state index in [0.717, 1.165) is 11.4 Å². The van der Waals surface area contributed by atoms with Gasteiger partial charge < -0.3 is 5.32 Å². The molecule has 2 rings (SSSR count). The van der Waals surface area contributed by atoms with Gasteiger partial charge in [-0.1, -0.05) is 29.7 Å². The van der Waals surface area contributed by atoms with Gasteiger partial charge in [-0.25, -0.2) is 0 Å². The van der Waals surface area contributed by atoms with E-state index in [-0.39, 0.29) is 0 Å². The Hall–Kier alpha value is -1.25. The Kier molecular flexibility index (Phi) is 4.24. The van der Waals surface area contributed by atoms with Gasteiger partial charge in [0.2, 0.25) is 6.41 Å². The summed E-state index contributed by atoms with van der Waals surface area (Å²) in [4.78, 5) is 9.06. The van der Waals surface area contributed by atoms with Crippen LogP contribution in [0.15, 0.2) is 24.3 Å². The third-order valence-corrected chi connectivity index (χ3v) is 2.10. The molecule has 1 fully saturated rings. The summed E-state index contributed by atoms with van der Waals surface area (Å²) in [7, 11) is 7.11. The molecule has 0 spiro atoms. The molecule has 0 aromatic heterocycles. The lowest BCUT2D eigenvalue weighted by Gasteiger charge is -1.96. The highest BCUT2D eigenvalue weighted by Gasteiger charge is 2.22.